The third kappa shape index (κ3) is 1.20. The average Bonchev–Trinajstić information content (AvgIpc) is 1.85. The maximum Gasteiger partial charge on any atom is 0.344 e. The van der Waals surface area contributed by atoms with Gasteiger partial charge in [-0.25, -0.2) is 0 Å². The van der Waals surface area contributed by atoms with Crippen molar-refractivity contribution in [2.24, 2.45) is 5.90 Å². The fraction of sp³-hybridized carbons (Fsp3) is 0. The van der Waals surface area contributed by atoms with Crippen molar-refractivity contribution < 1.29 is 15.1 Å². The molecule has 1 rings (SSSR count). The summed E-state index contributed by atoms with van der Waals surface area (Å²) in [6, 6.07) is -1.63. The van der Waals surface area contributed by atoms with Gasteiger partial charge in [-0.3, -0.25) is 0 Å². The minimum Gasteiger partial charge on any atom is -0.479 e. The quantitative estimate of drug-likeness (QED) is 0.412. The molecule has 0 aromatic carbocycles. The Kier molecular flexibility index (Phi) is 1.50. The first-order valence-corrected chi connectivity index (χ1v) is 2.23. The van der Waals surface area contributed by atoms with Crippen LogP contribution in [0.4, 0.5) is 0 Å². The van der Waals surface area contributed by atoms with E-state index in [0.29, 0.717) is 0 Å². The molecule has 0 radical (unpaired) electrons. The molecule has 1 aromatic rings. The van der Waals surface area contributed by atoms with Gasteiger partial charge in [0.2, 0.25) is 0 Å². The van der Waals surface area contributed by atoms with E-state index in [2.05, 4.69) is 25.7 Å². The predicted molar refractivity (Wildman–Crippen MR) is 28.0 cm³/mol. The van der Waals surface area contributed by atoms with Gasteiger partial charge in [-0.15, -0.1) is 15.0 Å². The average molecular weight is 144 g/mol. The lowest BCUT2D eigenvalue weighted by atomic mass is 10.9. The van der Waals surface area contributed by atoms with Crippen LogP contribution in [0.5, 0.6) is 18.0 Å². The summed E-state index contributed by atoms with van der Waals surface area (Å²) in [6.07, 6.45) is 0. The monoisotopic (exact) mass is 144 g/mol. The lowest BCUT2D eigenvalue weighted by Gasteiger charge is -1.94. The van der Waals surface area contributed by atoms with Crippen molar-refractivity contribution in [1.82, 2.24) is 15.0 Å². The third-order valence-electron chi connectivity index (χ3n) is 0.697. The minimum absolute atomic E-state index is 0.343. The Morgan fingerprint density at radius 1 is 1.10 bits per heavy atom. The summed E-state index contributed by atoms with van der Waals surface area (Å²) in [5, 5.41) is 17.1. The molecule has 0 bridgehead atoms. The van der Waals surface area contributed by atoms with E-state index in [-0.39, 0.29) is 6.01 Å². The fourth-order valence-corrected chi connectivity index (χ4v) is 0.388. The van der Waals surface area contributed by atoms with Crippen LogP contribution in [0, 0.1) is 0 Å². The highest BCUT2D eigenvalue weighted by molar-refractivity contribution is 5.05. The fourth-order valence-electron chi connectivity index (χ4n) is 0.388. The SMILES string of the molecule is NOc1nc(O)nc(O)n1. The topological polar surface area (TPSA) is 114 Å². The molecule has 0 fully saturated rings. The Hall–Kier alpha value is -1.63. The molecule has 0 spiro atoms. The van der Waals surface area contributed by atoms with Crippen LogP contribution in [0.15, 0.2) is 0 Å². The summed E-state index contributed by atoms with van der Waals surface area (Å²) < 4.78 is 0. The van der Waals surface area contributed by atoms with E-state index in [4.69, 9.17) is 10.2 Å². The molecule has 0 atom stereocenters. The standard InChI is InChI=1S/C3H4N4O3/c4-10-3-6-1(8)5-2(9)7-3/h4H2,(H2,5,6,7,8,9). The summed E-state index contributed by atoms with van der Waals surface area (Å²) >= 11 is 0. The van der Waals surface area contributed by atoms with Crippen LogP contribution in [0.25, 0.3) is 0 Å². The number of nitrogens with zero attached hydrogens (tertiary/aromatic N) is 3. The first-order valence-electron chi connectivity index (χ1n) is 2.23. The van der Waals surface area contributed by atoms with E-state index >= 15 is 0 Å². The summed E-state index contributed by atoms with van der Waals surface area (Å²) in [4.78, 5) is 13.4. The molecule has 0 aliphatic carbocycles. The molecule has 0 aliphatic heterocycles. The summed E-state index contributed by atoms with van der Waals surface area (Å²) in [5.41, 5.74) is 0. The molecule has 4 N–H and O–H groups in total. The van der Waals surface area contributed by atoms with Crippen molar-refractivity contribution in [3.05, 3.63) is 0 Å². The van der Waals surface area contributed by atoms with Gasteiger partial charge in [0.25, 0.3) is 0 Å². The lowest BCUT2D eigenvalue weighted by molar-refractivity contribution is 0.282. The zero-order chi connectivity index (χ0) is 7.56. The number of hydrogen-bond donors (Lipinski definition) is 3. The van der Waals surface area contributed by atoms with Gasteiger partial charge in [0.1, 0.15) is 0 Å². The first kappa shape index (κ1) is 6.49. The normalized spacial score (nSPS) is 9.30. The lowest BCUT2D eigenvalue weighted by Crippen LogP contribution is -2.05. The zero-order valence-electron chi connectivity index (χ0n) is 4.72. The van der Waals surface area contributed by atoms with E-state index < -0.39 is 12.0 Å². The molecule has 1 aromatic heterocycles. The van der Waals surface area contributed by atoms with Crippen LogP contribution < -0.4 is 10.7 Å². The molecule has 0 saturated heterocycles. The number of nitrogens with two attached hydrogens (primary N) is 1. The van der Waals surface area contributed by atoms with Gasteiger partial charge < -0.3 is 15.1 Å². The Labute approximate surface area is 55.1 Å². The Morgan fingerprint density at radius 3 is 2.00 bits per heavy atom. The van der Waals surface area contributed by atoms with Crippen molar-refractivity contribution in [1.29, 1.82) is 0 Å². The third-order valence-corrected chi connectivity index (χ3v) is 0.697. The highest BCUT2D eigenvalue weighted by Crippen LogP contribution is 2.09. The summed E-state index contributed by atoms with van der Waals surface area (Å²) in [5.74, 6) is 4.61. The molecule has 0 amide bonds. The Morgan fingerprint density at radius 2 is 1.60 bits per heavy atom. The van der Waals surface area contributed by atoms with Crippen LogP contribution in [0.3, 0.4) is 0 Å². The molecule has 7 nitrogen and oxygen atoms in total. The van der Waals surface area contributed by atoms with Crippen molar-refractivity contribution in [3.8, 4) is 18.0 Å². The van der Waals surface area contributed by atoms with Gasteiger partial charge in [-0.1, -0.05) is 0 Å². The van der Waals surface area contributed by atoms with Crippen molar-refractivity contribution >= 4 is 0 Å². The predicted octanol–water partition coefficient (Wildman–Crippen LogP) is -1.46. The van der Waals surface area contributed by atoms with E-state index in [1.807, 2.05) is 0 Å². The second kappa shape index (κ2) is 2.31. The van der Waals surface area contributed by atoms with Gasteiger partial charge >= 0.3 is 18.0 Å². The first-order chi connectivity index (χ1) is 4.72. The number of hydrogen-bond acceptors (Lipinski definition) is 7. The Balaban J connectivity index is 3.06. The van der Waals surface area contributed by atoms with E-state index in [1.54, 1.807) is 0 Å². The molecule has 54 valence electrons. The van der Waals surface area contributed by atoms with Crippen molar-refractivity contribution in [2.75, 3.05) is 0 Å². The molecule has 7 heteroatoms. The molecule has 1 heterocycles. The van der Waals surface area contributed by atoms with Gasteiger partial charge in [0.05, 0.1) is 0 Å². The van der Waals surface area contributed by atoms with Gasteiger partial charge in [0.15, 0.2) is 0 Å². The van der Waals surface area contributed by atoms with Gasteiger partial charge in [0, 0.05) is 0 Å². The van der Waals surface area contributed by atoms with Crippen molar-refractivity contribution in [2.45, 2.75) is 0 Å². The molecule has 0 unspecified atom stereocenters. The number of aromatic hydroxyl groups is 2. The second-order valence-corrected chi connectivity index (χ2v) is 1.34. The highest BCUT2D eigenvalue weighted by atomic mass is 16.6. The Bertz CT molecular complexity index is 219. The number of aromatic nitrogens is 3. The van der Waals surface area contributed by atoms with E-state index in [0.717, 1.165) is 0 Å². The van der Waals surface area contributed by atoms with Crippen molar-refractivity contribution in [3.63, 3.8) is 0 Å². The van der Waals surface area contributed by atoms with Gasteiger partial charge in [-0.05, 0) is 0 Å². The molecule has 0 saturated carbocycles. The van der Waals surface area contributed by atoms with Crippen LogP contribution >= 0.6 is 0 Å². The summed E-state index contributed by atoms with van der Waals surface area (Å²) in [7, 11) is 0. The minimum atomic E-state index is -0.645. The molecule has 0 aliphatic rings. The summed E-state index contributed by atoms with van der Waals surface area (Å²) in [6.45, 7) is 0. The van der Waals surface area contributed by atoms with Gasteiger partial charge in [-0.2, -0.15) is 5.90 Å². The maximum absolute atomic E-state index is 8.57. The zero-order valence-corrected chi connectivity index (χ0v) is 4.72. The van der Waals surface area contributed by atoms with Crippen LogP contribution in [0.1, 0.15) is 0 Å². The maximum atomic E-state index is 8.57. The smallest absolute Gasteiger partial charge is 0.344 e. The molecule has 10 heavy (non-hydrogen) atoms. The number of rotatable bonds is 1. The van der Waals surface area contributed by atoms with Crippen LogP contribution in [-0.2, 0) is 0 Å². The van der Waals surface area contributed by atoms with Crippen LogP contribution in [-0.4, -0.2) is 25.2 Å². The highest BCUT2D eigenvalue weighted by Gasteiger charge is 2.02. The largest absolute Gasteiger partial charge is 0.479 e. The second-order valence-electron chi connectivity index (χ2n) is 1.34. The van der Waals surface area contributed by atoms with Crippen LogP contribution in [0.2, 0.25) is 0 Å². The van der Waals surface area contributed by atoms with E-state index in [9.17, 15) is 0 Å². The molecular formula is C3H4N4O3. The molecular weight excluding hydrogens is 140 g/mol. The van der Waals surface area contributed by atoms with E-state index in [1.165, 1.54) is 0 Å².